The van der Waals surface area contributed by atoms with Gasteiger partial charge in [0, 0.05) is 17.3 Å². The Kier molecular flexibility index (Phi) is 2.74. The van der Waals surface area contributed by atoms with Crippen molar-refractivity contribution in [2.24, 2.45) is 5.41 Å². The van der Waals surface area contributed by atoms with Gasteiger partial charge in [0.15, 0.2) is 0 Å². The van der Waals surface area contributed by atoms with Crippen molar-refractivity contribution in [2.75, 3.05) is 12.4 Å². The van der Waals surface area contributed by atoms with Crippen LogP contribution in [0.15, 0.2) is 24.4 Å². The molecule has 0 unspecified atom stereocenters. The van der Waals surface area contributed by atoms with Crippen molar-refractivity contribution in [1.82, 2.24) is 4.37 Å². The summed E-state index contributed by atoms with van der Waals surface area (Å²) in [5.74, 6) is -0.745. The molecule has 1 amide bonds. The maximum Gasteiger partial charge on any atom is 0.321 e. The summed E-state index contributed by atoms with van der Waals surface area (Å²) in [6.45, 7) is 0. The third kappa shape index (κ3) is 1.98. The smallest absolute Gasteiger partial charge is 0.321 e. The van der Waals surface area contributed by atoms with Crippen LogP contribution in [-0.4, -0.2) is 23.4 Å². The highest BCUT2D eigenvalue weighted by Gasteiger charge is 2.57. The molecule has 1 aliphatic carbocycles. The van der Waals surface area contributed by atoms with E-state index in [2.05, 4.69) is 14.4 Å². The predicted molar refractivity (Wildman–Crippen MR) is 71.9 cm³/mol. The lowest BCUT2D eigenvalue weighted by atomic mass is 10.1. The lowest BCUT2D eigenvalue weighted by Crippen LogP contribution is -2.32. The summed E-state index contributed by atoms with van der Waals surface area (Å²) in [4.78, 5) is 23.8. The number of anilines is 1. The number of nitrogens with one attached hydrogen (secondary N) is 1. The average molecular weight is 276 g/mol. The molecule has 19 heavy (non-hydrogen) atoms. The van der Waals surface area contributed by atoms with E-state index in [0.29, 0.717) is 18.5 Å². The Morgan fingerprint density at radius 1 is 1.42 bits per heavy atom. The van der Waals surface area contributed by atoms with Crippen LogP contribution in [0.5, 0.6) is 0 Å². The second kappa shape index (κ2) is 4.31. The van der Waals surface area contributed by atoms with Crippen LogP contribution < -0.4 is 5.32 Å². The average Bonchev–Trinajstić information content (AvgIpc) is 3.11. The van der Waals surface area contributed by atoms with Gasteiger partial charge in [0.1, 0.15) is 5.41 Å². The number of methoxy groups -OCH3 is 1. The number of fused-ring (bicyclic) bond motifs is 1. The molecule has 1 aromatic carbocycles. The van der Waals surface area contributed by atoms with Crippen molar-refractivity contribution in [2.45, 2.75) is 12.8 Å². The van der Waals surface area contributed by atoms with Gasteiger partial charge in [0.2, 0.25) is 5.91 Å². The van der Waals surface area contributed by atoms with Crippen LogP contribution in [0.2, 0.25) is 0 Å². The molecule has 1 saturated carbocycles. The van der Waals surface area contributed by atoms with Gasteiger partial charge in [-0.15, -0.1) is 0 Å². The van der Waals surface area contributed by atoms with E-state index in [1.165, 1.54) is 18.6 Å². The van der Waals surface area contributed by atoms with Crippen LogP contribution in [-0.2, 0) is 14.3 Å². The van der Waals surface area contributed by atoms with Crippen molar-refractivity contribution in [1.29, 1.82) is 0 Å². The number of carbonyl (C=O) groups excluding carboxylic acids is 2. The van der Waals surface area contributed by atoms with E-state index in [0.717, 1.165) is 10.1 Å². The van der Waals surface area contributed by atoms with Crippen LogP contribution in [0.4, 0.5) is 5.69 Å². The van der Waals surface area contributed by atoms with Crippen molar-refractivity contribution < 1.29 is 14.3 Å². The summed E-state index contributed by atoms with van der Waals surface area (Å²) in [6, 6.07) is 5.57. The number of benzene rings is 1. The summed E-state index contributed by atoms with van der Waals surface area (Å²) in [5.41, 5.74) is -0.302. The SMILES string of the molecule is COC(=O)C1(C(=O)Nc2ccc3sncc3c2)CC1. The fourth-order valence-electron chi connectivity index (χ4n) is 2.05. The van der Waals surface area contributed by atoms with Crippen molar-refractivity contribution in [3.63, 3.8) is 0 Å². The van der Waals surface area contributed by atoms with Gasteiger partial charge in [-0.2, -0.15) is 4.37 Å². The van der Waals surface area contributed by atoms with E-state index in [9.17, 15) is 9.59 Å². The molecule has 0 spiro atoms. The number of aromatic nitrogens is 1. The van der Waals surface area contributed by atoms with Crippen molar-refractivity contribution in [3.8, 4) is 0 Å². The number of hydrogen-bond acceptors (Lipinski definition) is 5. The highest BCUT2D eigenvalue weighted by atomic mass is 32.1. The normalized spacial score (nSPS) is 16.1. The van der Waals surface area contributed by atoms with Crippen molar-refractivity contribution in [3.05, 3.63) is 24.4 Å². The zero-order valence-electron chi connectivity index (χ0n) is 10.3. The molecular formula is C13H12N2O3S. The lowest BCUT2D eigenvalue weighted by molar-refractivity contribution is -0.150. The molecule has 1 aromatic heterocycles. The summed E-state index contributed by atoms with van der Waals surface area (Å²) in [6.07, 6.45) is 2.85. The molecule has 6 heteroatoms. The molecule has 0 saturated heterocycles. The third-order valence-corrected chi connectivity index (χ3v) is 4.15. The first kappa shape index (κ1) is 12.1. The summed E-state index contributed by atoms with van der Waals surface area (Å²) < 4.78 is 9.83. The van der Waals surface area contributed by atoms with Gasteiger partial charge in [-0.25, -0.2) is 0 Å². The molecule has 1 N–H and O–H groups in total. The van der Waals surface area contributed by atoms with Gasteiger partial charge in [0.25, 0.3) is 0 Å². The maximum atomic E-state index is 12.1. The molecule has 2 aromatic rings. The van der Waals surface area contributed by atoms with Gasteiger partial charge in [-0.05, 0) is 42.6 Å². The van der Waals surface area contributed by atoms with E-state index in [4.69, 9.17) is 0 Å². The first-order chi connectivity index (χ1) is 9.15. The Bertz CT molecular complexity index is 661. The number of nitrogens with zero attached hydrogens (tertiary/aromatic N) is 1. The molecule has 98 valence electrons. The molecule has 3 rings (SSSR count). The topological polar surface area (TPSA) is 68.3 Å². The zero-order valence-corrected chi connectivity index (χ0v) is 11.1. The molecule has 5 nitrogen and oxygen atoms in total. The molecule has 1 heterocycles. The highest BCUT2D eigenvalue weighted by Crippen LogP contribution is 2.47. The molecule has 0 atom stereocenters. The second-order valence-electron chi connectivity index (χ2n) is 4.61. The Morgan fingerprint density at radius 2 is 2.21 bits per heavy atom. The maximum absolute atomic E-state index is 12.1. The number of amides is 1. The van der Waals surface area contributed by atoms with E-state index in [1.807, 2.05) is 18.2 Å². The van der Waals surface area contributed by atoms with Crippen LogP contribution in [0.25, 0.3) is 10.1 Å². The molecule has 0 radical (unpaired) electrons. The molecular weight excluding hydrogens is 264 g/mol. The van der Waals surface area contributed by atoms with E-state index in [1.54, 1.807) is 6.20 Å². The summed E-state index contributed by atoms with van der Waals surface area (Å²) in [7, 11) is 1.30. The molecule has 0 bridgehead atoms. The number of hydrogen-bond donors (Lipinski definition) is 1. The largest absolute Gasteiger partial charge is 0.468 e. The summed E-state index contributed by atoms with van der Waals surface area (Å²) in [5, 5.41) is 3.76. The van der Waals surface area contributed by atoms with Crippen LogP contribution in [0.3, 0.4) is 0 Å². The molecule has 1 aliphatic rings. The van der Waals surface area contributed by atoms with E-state index < -0.39 is 11.4 Å². The Hall–Kier alpha value is -1.95. The minimum absolute atomic E-state index is 0.290. The number of carbonyl (C=O) groups is 2. The third-order valence-electron chi connectivity index (χ3n) is 3.37. The zero-order chi connectivity index (χ0) is 13.5. The Labute approximate surface area is 113 Å². The second-order valence-corrected chi connectivity index (χ2v) is 5.44. The summed E-state index contributed by atoms with van der Waals surface area (Å²) >= 11 is 1.40. The number of rotatable bonds is 3. The van der Waals surface area contributed by atoms with E-state index >= 15 is 0 Å². The Morgan fingerprint density at radius 3 is 2.89 bits per heavy atom. The van der Waals surface area contributed by atoms with Crippen molar-refractivity contribution >= 4 is 39.2 Å². The standard InChI is InChI=1S/C13H12N2O3S/c1-18-12(17)13(4-5-13)11(16)15-9-2-3-10-8(6-9)7-14-19-10/h2-3,6-7H,4-5H2,1H3,(H,15,16). The van der Waals surface area contributed by atoms with Crippen LogP contribution >= 0.6 is 11.5 Å². The quantitative estimate of drug-likeness (QED) is 0.689. The molecule has 1 fully saturated rings. The van der Waals surface area contributed by atoms with Gasteiger partial charge in [-0.1, -0.05) is 0 Å². The van der Waals surface area contributed by atoms with Crippen LogP contribution in [0.1, 0.15) is 12.8 Å². The first-order valence-corrected chi connectivity index (χ1v) is 6.67. The Balaban J connectivity index is 1.81. The van der Waals surface area contributed by atoms with Gasteiger partial charge < -0.3 is 10.1 Å². The highest BCUT2D eigenvalue weighted by molar-refractivity contribution is 7.13. The fraction of sp³-hybridized carbons (Fsp3) is 0.308. The first-order valence-electron chi connectivity index (χ1n) is 5.90. The van der Waals surface area contributed by atoms with Gasteiger partial charge in [-0.3, -0.25) is 9.59 Å². The lowest BCUT2D eigenvalue weighted by Gasteiger charge is -2.12. The van der Waals surface area contributed by atoms with Gasteiger partial charge in [0.05, 0.1) is 11.8 Å². The minimum Gasteiger partial charge on any atom is -0.468 e. The number of ether oxygens (including phenoxy) is 1. The fourth-order valence-corrected chi connectivity index (χ4v) is 2.67. The monoisotopic (exact) mass is 276 g/mol. The van der Waals surface area contributed by atoms with E-state index in [-0.39, 0.29) is 5.91 Å². The van der Waals surface area contributed by atoms with Gasteiger partial charge >= 0.3 is 5.97 Å². The number of esters is 1. The molecule has 0 aliphatic heterocycles. The van der Waals surface area contributed by atoms with Crippen LogP contribution in [0, 0.1) is 5.41 Å². The predicted octanol–water partition coefficient (Wildman–Crippen LogP) is 2.19. The minimum atomic E-state index is -0.976.